The summed E-state index contributed by atoms with van der Waals surface area (Å²) < 4.78 is 38.6. The third kappa shape index (κ3) is 2.16. The number of rotatable bonds is 1. The summed E-state index contributed by atoms with van der Waals surface area (Å²) in [6, 6.07) is 3.74. The molecule has 1 saturated heterocycles. The smallest absolute Gasteiger partial charge is 0.282 e. The molecule has 0 aliphatic carbocycles. The van der Waals surface area contributed by atoms with Gasteiger partial charge in [0.1, 0.15) is 5.82 Å². The Labute approximate surface area is 104 Å². The normalized spacial score (nSPS) is 18.1. The molecular formula is C10H7F3INO. The molecule has 0 bridgehead atoms. The zero-order valence-electron chi connectivity index (χ0n) is 8.01. The van der Waals surface area contributed by atoms with Crippen LogP contribution in [0.2, 0.25) is 0 Å². The van der Waals surface area contributed by atoms with Gasteiger partial charge in [0.15, 0.2) is 0 Å². The van der Waals surface area contributed by atoms with Gasteiger partial charge in [0, 0.05) is 3.57 Å². The van der Waals surface area contributed by atoms with Crippen LogP contribution in [0.15, 0.2) is 18.2 Å². The molecule has 86 valence electrons. The van der Waals surface area contributed by atoms with Gasteiger partial charge in [0.25, 0.3) is 11.8 Å². The topological polar surface area (TPSA) is 20.3 Å². The van der Waals surface area contributed by atoms with Crippen LogP contribution in [0.5, 0.6) is 0 Å². The molecule has 1 aliphatic rings. The predicted octanol–water partition coefficient (Wildman–Crippen LogP) is 2.52. The Morgan fingerprint density at radius 2 is 2.00 bits per heavy atom. The zero-order chi connectivity index (χ0) is 11.9. The Morgan fingerprint density at radius 3 is 2.56 bits per heavy atom. The van der Waals surface area contributed by atoms with Crippen LogP contribution in [-0.4, -0.2) is 29.8 Å². The molecule has 0 radical (unpaired) electrons. The lowest BCUT2D eigenvalue weighted by Gasteiger charge is -2.38. The van der Waals surface area contributed by atoms with Crippen LogP contribution >= 0.6 is 22.6 Å². The maximum Gasteiger partial charge on any atom is 0.282 e. The van der Waals surface area contributed by atoms with Crippen LogP contribution in [0.4, 0.5) is 13.2 Å². The van der Waals surface area contributed by atoms with Crippen LogP contribution in [0.1, 0.15) is 10.4 Å². The van der Waals surface area contributed by atoms with Crippen molar-refractivity contribution >= 4 is 28.5 Å². The van der Waals surface area contributed by atoms with E-state index in [1.807, 2.05) is 22.6 Å². The fourth-order valence-electron chi connectivity index (χ4n) is 1.49. The molecule has 1 fully saturated rings. The molecule has 1 heterocycles. The van der Waals surface area contributed by atoms with Crippen LogP contribution < -0.4 is 0 Å². The van der Waals surface area contributed by atoms with Gasteiger partial charge in [0.05, 0.1) is 18.7 Å². The standard InChI is InChI=1S/C10H7F3INO/c11-6-1-2-8(14)7(3-6)9(16)15-4-10(12,13)5-15/h1-3H,4-5H2. The van der Waals surface area contributed by atoms with Crippen molar-refractivity contribution in [3.8, 4) is 0 Å². The minimum Gasteiger partial charge on any atom is -0.326 e. The van der Waals surface area contributed by atoms with Gasteiger partial charge in [0.2, 0.25) is 0 Å². The average Bonchev–Trinajstić information content (AvgIpc) is 2.17. The van der Waals surface area contributed by atoms with E-state index in [1.165, 1.54) is 12.1 Å². The number of nitrogens with zero attached hydrogens (tertiary/aromatic N) is 1. The molecule has 0 aromatic heterocycles. The van der Waals surface area contributed by atoms with Gasteiger partial charge in [-0.3, -0.25) is 4.79 Å². The lowest BCUT2D eigenvalue weighted by atomic mass is 10.1. The number of amides is 1. The minimum atomic E-state index is -2.80. The Hall–Kier alpha value is -0.790. The van der Waals surface area contributed by atoms with Crippen molar-refractivity contribution in [1.29, 1.82) is 0 Å². The first kappa shape index (κ1) is 11.7. The molecule has 2 rings (SSSR count). The fourth-order valence-corrected chi connectivity index (χ4v) is 2.05. The number of alkyl halides is 2. The van der Waals surface area contributed by atoms with E-state index in [4.69, 9.17) is 0 Å². The molecule has 0 saturated carbocycles. The summed E-state index contributed by atoms with van der Waals surface area (Å²) >= 11 is 1.87. The molecule has 0 atom stereocenters. The highest BCUT2D eigenvalue weighted by Gasteiger charge is 2.46. The van der Waals surface area contributed by atoms with E-state index in [0.29, 0.717) is 3.57 Å². The molecule has 0 N–H and O–H groups in total. The first-order valence-electron chi connectivity index (χ1n) is 4.51. The largest absolute Gasteiger partial charge is 0.326 e. The number of likely N-dealkylation sites (tertiary alicyclic amines) is 1. The van der Waals surface area contributed by atoms with E-state index in [1.54, 1.807) is 0 Å². The molecule has 6 heteroatoms. The van der Waals surface area contributed by atoms with Crippen molar-refractivity contribution < 1.29 is 18.0 Å². The third-order valence-electron chi connectivity index (χ3n) is 2.29. The van der Waals surface area contributed by atoms with E-state index in [2.05, 4.69) is 0 Å². The van der Waals surface area contributed by atoms with Crippen molar-refractivity contribution in [3.05, 3.63) is 33.1 Å². The molecular weight excluding hydrogens is 334 g/mol. The highest BCUT2D eigenvalue weighted by Crippen LogP contribution is 2.29. The van der Waals surface area contributed by atoms with Gasteiger partial charge >= 0.3 is 0 Å². The summed E-state index contributed by atoms with van der Waals surface area (Å²) in [4.78, 5) is 12.7. The van der Waals surface area contributed by atoms with Crippen LogP contribution in [0, 0.1) is 9.39 Å². The van der Waals surface area contributed by atoms with Crippen LogP contribution in [-0.2, 0) is 0 Å². The summed E-state index contributed by atoms with van der Waals surface area (Å²) in [7, 11) is 0. The van der Waals surface area contributed by atoms with E-state index < -0.39 is 30.7 Å². The molecule has 1 aliphatic heterocycles. The van der Waals surface area contributed by atoms with E-state index in [0.717, 1.165) is 11.0 Å². The quantitative estimate of drug-likeness (QED) is 0.719. The Morgan fingerprint density at radius 1 is 1.38 bits per heavy atom. The van der Waals surface area contributed by atoms with Gasteiger partial charge in [-0.1, -0.05) is 0 Å². The number of hydrogen-bond acceptors (Lipinski definition) is 1. The van der Waals surface area contributed by atoms with Crippen LogP contribution in [0.3, 0.4) is 0 Å². The Bertz CT molecular complexity index is 442. The van der Waals surface area contributed by atoms with E-state index in [9.17, 15) is 18.0 Å². The number of carbonyl (C=O) groups is 1. The second-order valence-corrected chi connectivity index (χ2v) is 4.80. The highest BCUT2D eigenvalue weighted by atomic mass is 127. The molecule has 1 aromatic rings. The third-order valence-corrected chi connectivity index (χ3v) is 3.23. The average molecular weight is 341 g/mol. The van der Waals surface area contributed by atoms with E-state index in [-0.39, 0.29) is 5.56 Å². The highest BCUT2D eigenvalue weighted by molar-refractivity contribution is 14.1. The van der Waals surface area contributed by atoms with E-state index >= 15 is 0 Å². The summed E-state index contributed by atoms with van der Waals surface area (Å²) in [6.45, 7) is -1.17. The Balaban J connectivity index is 2.19. The summed E-state index contributed by atoms with van der Waals surface area (Å²) in [6.07, 6.45) is 0. The van der Waals surface area contributed by atoms with Gasteiger partial charge < -0.3 is 4.90 Å². The predicted molar refractivity (Wildman–Crippen MR) is 60.0 cm³/mol. The number of benzene rings is 1. The summed E-state index contributed by atoms with van der Waals surface area (Å²) in [5.74, 6) is -3.89. The second kappa shape index (κ2) is 3.90. The second-order valence-electron chi connectivity index (χ2n) is 3.64. The summed E-state index contributed by atoms with van der Waals surface area (Å²) in [5.41, 5.74) is 0.135. The first-order valence-corrected chi connectivity index (χ1v) is 5.59. The van der Waals surface area contributed by atoms with Gasteiger partial charge in [-0.05, 0) is 40.8 Å². The maximum atomic E-state index is 12.9. The molecule has 2 nitrogen and oxygen atoms in total. The monoisotopic (exact) mass is 341 g/mol. The lowest BCUT2D eigenvalue weighted by Crippen LogP contribution is -2.58. The molecule has 1 aromatic carbocycles. The first-order chi connectivity index (χ1) is 7.39. The molecule has 1 amide bonds. The number of hydrogen-bond donors (Lipinski definition) is 0. The van der Waals surface area contributed by atoms with Gasteiger partial charge in [-0.15, -0.1) is 0 Å². The summed E-state index contributed by atoms with van der Waals surface area (Å²) in [5, 5.41) is 0. The molecule has 16 heavy (non-hydrogen) atoms. The fraction of sp³-hybridized carbons (Fsp3) is 0.300. The number of carbonyl (C=O) groups excluding carboxylic acids is 1. The molecule has 0 unspecified atom stereocenters. The van der Waals surface area contributed by atoms with Crippen molar-refractivity contribution in [2.75, 3.05) is 13.1 Å². The SMILES string of the molecule is O=C(c1cc(F)ccc1I)N1CC(F)(F)C1. The van der Waals surface area contributed by atoms with Crippen molar-refractivity contribution in [1.82, 2.24) is 4.90 Å². The Kier molecular flexibility index (Phi) is 2.85. The minimum absolute atomic E-state index is 0.135. The van der Waals surface area contributed by atoms with Crippen LogP contribution in [0.25, 0.3) is 0 Å². The van der Waals surface area contributed by atoms with Gasteiger partial charge in [-0.2, -0.15) is 0 Å². The number of halogens is 4. The maximum absolute atomic E-state index is 12.9. The van der Waals surface area contributed by atoms with Gasteiger partial charge in [-0.25, -0.2) is 13.2 Å². The lowest BCUT2D eigenvalue weighted by molar-refractivity contribution is -0.113. The van der Waals surface area contributed by atoms with Crippen molar-refractivity contribution in [3.63, 3.8) is 0 Å². The van der Waals surface area contributed by atoms with Crippen molar-refractivity contribution in [2.24, 2.45) is 0 Å². The molecule has 0 spiro atoms. The zero-order valence-corrected chi connectivity index (χ0v) is 10.2. The van der Waals surface area contributed by atoms with Crippen molar-refractivity contribution in [2.45, 2.75) is 5.92 Å².